The van der Waals surface area contributed by atoms with Crippen molar-refractivity contribution >= 4 is 23.4 Å². The van der Waals surface area contributed by atoms with Crippen LogP contribution in [0.2, 0.25) is 0 Å². The Hall–Kier alpha value is -3.68. The fourth-order valence-corrected chi connectivity index (χ4v) is 3.56. The van der Waals surface area contributed by atoms with Gasteiger partial charge in [0.15, 0.2) is 0 Å². The molecule has 8 N–H and O–H groups in total. The second-order valence-electron chi connectivity index (χ2n) is 8.42. The van der Waals surface area contributed by atoms with Gasteiger partial charge in [-0.1, -0.05) is 30.3 Å². The number of nitrogens with one attached hydrogen (secondary N) is 2. The van der Waals surface area contributed by atoms with Crippen LogP contribution >= 0.6 is 0 Å². The largest absolute Gasteiger partial charge is 0.573 e. The van der Waals surface area contributed by atoms with Gasteiger partial charge in [-0.3, -0.25) is 14.4 Å². The van der Waals surface area contributed by atoms with Crippen LogP contribution in [0.5, 0.6) is 5.75 Å². The van der Waals surface area contributed by atoms with Crippen molar-refractivity contribution in [2.75, 3.05) is 31.5 Å². The number of benzene rings is 2. The number of aryl methyl sites for hydroxylation is 1. The summed E-state index contributed by atoms with van der Waals surface area (Å²) in [5.74, 6) is -2.15. The van der Waals surface area contributed by atoms with E-state index in [1.165, 1.54) is 17.0 Å². The van der Waals surface area contributed by atoms with E-state index in [1.54, 1.807) is 0 Å². The van der Waals surface area contributed by atoms with Gasteiger partial charge in [-0.05, 0) is 42.7 Å². The molecule has 38 heavy (non-hydrogen) atoms. The highest BCUT2D eigenvalue weighted by Crippen LogP contribution is 2.24. The zero-order valence-electron chi connectivity index (χ0n) is 20.7. The summed E-state index contributed by atoms with van der Waals surface area (Å²) in [5.41, 5.74) is 18.1. The monoisotopic (exact) mass is 538 g/mol. The molecule has 2 unspecified atom stereocenters. The van der Waals surface area contributed by atoms with Crippen molar-refractivity contribution in [3.8, 4) is 5.75 Å². The Bertz CT molecular complexity index is 1030. The number of alkyl halides is 3. The Morgan fingerprint density at radius 3 is 2.08 bits per heavy atom. The highest BCUT2D eigenvalue weighted by molar-refractivity contribution is 5.98. The number of ether oxygens (including phenoxy) is 1. The van der Waals surface area contributed by atoms with E-state index >= 15 is 0 Å². The average molecular weight is 539 g/mol. The fourth-order valence-electron chi connectivity index (χ4n) is 3.56. The molecule has 0 fully saturated rings. The molecule has 0 aliphatic rings. The number of hydrogen-bond donors (Lipinski definition) is 5. The molecule has 208 valence electrons. The first-order valence-electron chi connectivity index (χ1n) is 12.0. The van der Waals surface area contributed by atoms with E-state index in [9.17, 15) is 27.6 Å². The Morgan fingerprint density at radius 1 is 0.921 bits per heavy atom. The van der Waals surface area contributed by atoms with Gasteiger partial charge in [0.25, 0.3) is 0 Å². The Balaban J connectivity index is 2.08. The smallest absolute Gasteiger partial charge is 0.406 e. The minimum atomic E-state index is -4.84. The highest BCUT2D eigenvalue weighted by Gasteiger charge is 2.31. The summed E-state index contributed by atoms with van der Waals surface area (Å²) in [5, 5.41) is 5.16. The predicted molar refractivity (Wildman–Crippen MR) is 136 cm³/mol. The number of anilines is 1. The lowest BCUT2D eigenvalue weighted by molar-refractivity contribution is -0.274. The second-order valence-corrected chi connectivity index (χ2v) is 8.42. The van der Waals surface area contributed by atoms with E-state index < -0.39 is 41.9 Å². The average Bonchev–Trinajstić information content (AvgIpc) is 2.87. The van der Waals surface area contributed by atoms with Crippen LogP contribution in [0.1, 0.15) is 18.4 Å². The number of nitrogens with two attached hydrogens (primary N) is 3. The molecular weight excluding hydrogens is 505 g/mol. The summed E-state index contributed by atoms with van der Waals surface area (Å²) in [7, 11) is 0. The number of carbonyl (C=O) groups is 3. The molecule has 2 aromatic carbocycles. The number of hydrogen-bond acceptors (Lipinski definition) is 7. The first-order valence-corrected chi connectivity index (χ1v) is 12.0. The van der Waals surface area contributed by atoms with Gasteiger partial charge in [-0.2, -0.15) is 0 Å². The second kappa shape index (κ2) is 14.9. The molecule has 13 heteroatoms. The maximum Gasteiger partial charge on any atom is 0.573 e. The van der Waals surface area contributed by atoms with E-state index in [0.717, 1.165) is 17.7 Å². The first-order chi connectivity index (χ1) is 18.0. The van der Waals surface area contributed by atoms with Gasteiger partial charge in [0.2, 0.25) is 17.7 Å². The molecule has 3 amide bonds. The lowest BCUT2D eigenvalue weighted by Crippen LogP contribution is -2.52. The molecule has 2 atom stereocenters. The SMILES string of the molecule is NCCN(CCN)C(=O)CC(N)C(=O)NC(CCc1ccccc1)C(=O)Nc1ccc(OC(F)(F)F)cc1. The lowest BCUT2D eigenvalue weighted by Gasteiger charge is -2.24. The van der Waals surface area contributed by atoms with E-state index in [0.29, 0.717) is 6.42 Å². The third-order valence-corrected chi connectivity index (χ3v) is 5.43. The van der Waals surface area contributed by atoms with Gasteiger partial charge in [-0.25, -0.2) is 0 Å². The maximum absolute atomic E-state index is 13.0. The first kappa shape index (κ1) is 30.5. The van der Waals surface area contributed by atoms with Crippen molar-refractivity contribution in [2.45, 2.75) is 37.7 Å². The molecule has 0 aliphatic heterocycles. The van der Waals surface area contributed by atoms with Gasteiger partial charge in [0.05, 0.1) is 12.5 Å². The van der Waals surface area contributed by atoms with E-state index in [-0.39, 0.29) is 44.7 Å². The maximum atomic E-state index is 13.0. The summed E-state index contributed by atoms with van der Waals surface area (Å²) < 4.78 is 41.0. The third-order valence-electron chi connectivity index (χ3n) is 5.43. The van der Waals surface area contributed by atoms with Gasteiger partial charge in [0, 0.05) is 31.9 Å². The number of carbonyl (C=O) groups excluding carboxylic acids is 3. The van der Waals surface area contributed by atoms with E-state index in [4.69, 9.17) is 17.2 Å². The minimum absolute atomic E-state index is 0.196. The van der Waals surface area contributed by atoms with Crippen molar-refractivity contribution in [3.63, 3.8) is 0 Å². The van der Waals surface area contributed by atoms with Crippen LogP contribution in [0.3, 0.4) is 0 Å². The standard InChI is InChI=1S/C25H33F3N6O4/c26-25(27,28)38-19-9-7-18(8-10-19)32-24(37)21(11-6-17-4-2-1-3-5-17)33-23(36)20(31)16-22(35)34(14-12-29)15-13-30/h1-5,7-10,20-21H,6,11-16,29-31H2,(H,32,37)(H,33,36). The zero-order valence-corrected chi connectivity index (χ0v) is 20.7. The van der Waals surface area contributed by atoms with Gasteiger partial charge in [0.1, 0.15) is 11.8 Å². The van der Waals surface area contributed by atoms with E-state index in [1.807, 2.05) is 30.3 Å². The van der Waals surface area contributed by atoms with Gasteiger partial charge in [-0.15, -0.1) is 13.2 Å². The van der Waals surface area contributed by atoms with Crippen molar-refractivity contribution in [1.82, 2.24) is 10.2 Å². The molecule has 0 radical (unpaired) electrons. The predicted octanol–water partition coefficient (Wildman–Crippen LogP) is 1.10. The Morgan fingerprint density at radius 2 is 1.53 bits per heavy atom. The Kier molecular flexibility index (Phi) is 12.0. The summed E-state index contributed by atoms with van der Waals surface area (Å²) in [6, 6.07) is 11.6. The van der Waals surface area contributed by atoms with Gasteiger partial charge >= 0.3 is 6.36 Å². The molecule has 0 heterocycles. The van der Waals surface area contributed by atoms with Crippen LogP contribution in [0.25, 0.3) is 0 Å². The molecule has 2 aromatic rings. The van der Waals surface area contributed by atoms with Crippen molar-refractivity contribution in [2.24, 2.45) is 17.2 Å². The minimum Gasteiger partial charge on any atom is -0.406 e. The zero-order chi connectivity index (χ0) is 28.1. The molecule has 0 saturated heterocycles. The molecule has 0 aromatic heterocycles. The summed E-state index contributed by atoms with van der Waals surface area (Å²) in [6.07, 6.45) is -4.51. The molecule has 0 bridgehead atoms. The topological polar surface area (TPSA) is 166 Å². The molecule has 0 aliphatic carbocycles. The molecule has 0 spiro atoms. The summed E-state index contributed by atoms with van der Waals surface area (Å²) >= 11 is 0. The van der Waals surface area contributed by atoms with Crippen LogP contribution in [-0.2, 0) is 20.8 Å². The molecule has 0 saturated carbocycles. The third kappa shape index (κ3) is 10.7. The lowest BCUT2D eigenvalue weighted by atomic mass is 10.0. The quantitative estimate of drug-likeness (QED) is 0.240. The summed E-state index contributed by atoms with van der Waals surface area (Å²) in [6.45, 7) is 0.967. The molecule has 2 rings (SSSR count). The van der Waals surface area contributed by atoms with Crippen LogP contribution in [0, 0.1) is 0 Å². The number of nitrogens with zero attached hydrogens (tertiary/aromatic N) is 1. The van der Waals surface area contributed by atoms with Crippen molar-refractivity contribution < 1.29 is 32.3 Å². The van der Waals surface area contributed by atoms with Crippen LogP contribution in [0.15, 0.2) is 54.6 Å². The Labute approximate surface area is 218 Å². The van der Waals surface area contributed by atoms with Gasteiger partial charge < -0.3 is 37.5 Å². The van der Waals surface area contributed by atoms with E-state index in [2.05, 4.69) is 15.4 Å². The molecule has 10 nitrogen and oxygen atoms in total. The van der Waals surface area contributed by atoms with Crippen molar-refractivity contribution in [3.05, 3.63) is 60.2 Å². The van der Waals surface area contributed by atoms with Crippen LogP contribution in [0.4, 0.5) is 18.9 Å². The number of rotatable bonds is 14. The van der Waals surface area contributed by atoms with Crippen molar-refractivity contribution in [1.29, 1.82) is 0 Å². The summed E-state index contributed by atoms with van der Waals surface area (Å²) in [4.78, 5) is 39.8. The molecular formula is C25H33F3N6O4. The number of halogens is 3. The fraction of sp³-hybridized carbons (Fsp3) is 0.400. The van der Waals surface area contributed by atoms with Crippen LogP contribution in [-0.4, -0.2) is 67.2 Å². The number of amides is 3. The van der Waals surface area contributed by atoms with Crippen LogP contribution < -0.4 is 32.6 Å². The highest BCUT2D eigenvalue weighted by atomic mass is 19.4. The normalized spacial score (nSPS) is 12.8.